The van der Waals surface area contributed by atoms with E-state index in [1.54, 1.807) is 0 Å². The Balaban J connectivity index is 1.78. The van der Waals surface area contributed by atoms with E-state index < -0.39 is 6.10 Å². The summed E-state index contributed by atoms with van der Waals surface area (Å²) in [6.07, 6.45) is 3.86. The topological polar surface area (TPSA) is 64.7 Å². The Morgan fingerprint density at radius 3 is 2.79 bits per heavy atom. The van der Waals surface area contributed by atoms with Crippen LogP contribution < -0.4 is 5.73 Å². The van der Waals surface area contributed by atoms with E-state index in [2.05, 4.69) is 0 Å². The average molecular weight is 201 g/mol. The zero-order valence-corrected chi connectivity index (χ0v) is 8.39. The van der Waals surface area contributed by atoms with E-state index in [9.17, 15) is 5.11 Å². The molecule has 1 aliphatic heterocycles. The van der Waals surface area contributed by atoms with Gasteiger partial charge in [-0.2, -0.15) is 0 Å². The summed E-state index contributed by atoms with van der Waals surface area (Å²) < 4.78 is 10.9. The molecule has 82 valence electrons. The van der Waals surface area contributed by atoms with Gasteiger partial charge in [-0.3, -0.25) is 0 Å². The van der Waals surface area contributed by atoms with Gasteiger partial charge < -0.3 is 20.3 Å². The molecular formula is C10H19NO3. The molecule has 0 aromatic heterocycles. The lowest BCUT2D eigenvalue weighted by molar-refractivity contribution is -0.0696. The Morgan fingerprint density at radius 2 is 2.14 bits per heavy atom. The number of rotatable bonds is 2. The van der Waals surface area contributed by atoms with E-state index in [0.29, 0.717) is 13.2 Å². The largest absolute Gasteiger partial charge is 0.388 e. The van der Waals surface area contributed by atoms with Crippen molar-refractivity contribution >= 4 is 0 Å². The van der Waals surface area contributed by atoms with Gasteiger partial charge in [0.1, 0.15) is 12.2 Å². The van der Waals surface area contributed by atoms with Gasteiger partial charge in [0.15, 0.2) is 0 Å². The van der Waals surface area contributed by atoms with E-state index in [4.69, 9.17) is 15.2 Å². The highest BCUT2D eigenvalue weighted by Gasteiger charge is 2.31. The van der Waals surface area contributed by atoms with E-state index in [1.165, 1.54) is 0 Å². The van der Waals surface area contributed by atoms with Gasteiger partial charge >= 0.3 is 0 Å². The SMILES string of the molecule is NC1CCCC(OC2COCC2O)C1. The Morgan fingerprint density at radius 1 is 1.29 bits per heavy atom. The third kappa shape index (κ3) is 2.45. The van der Waals surface area contributed by atoms with Gasteiger partial charge in [-0.15, -0.1) is 0 Å². The molecule has 4 atom stereocenters. The maximum absolute atomic E-state index is 9.50. The van der Waals surface area contributed by atoms with E-state index >= 15 is 0 Å². The molecule has 1 saturated carbocycles. The lowest BCUT2D eigenvalue weighted by Gasteiger charge is -2.29. The first-order chi connectivity index (χ1) is 6.75. The average Bonchev–Trinajstić information content (AvgIpc) is 2.52. The molecule has 0 spiro atoms. The molecule has 4 nitrogen and oxygen atoms in total. The zero-order valence-electron chi connectivity index (χ0n) is 8.39. The minimum absolute atomic E-state index is 0.134. The number of ether oxygens (including phenoxy) is 2. The van der Waals surface area contributed by atoms with Crippen molar-refractivity contribution < 1.29 is 14.6 Å². The summed E-state index contributed by atoms with van der Waals surface area (Å²) in [6.45, 7) is 0.927. The molecule has 14 heavy (non-hydrogen) atoms. The van der Waals surface area contributed by atoms with Crippen molar-refractivity contribution in [2.45, 2.75) is 50.0 Å². The first kappa shape index (κ1) is 10.4. The lowest BCUT2D eigenvalue weighted by atomic mass is 9.93. The molecule has 0 radical (unpaired) electrons. The molecule has 1 aliphatic carbocycles. The highest BCUT2D eigenvalue weighted by Crippen LogP contribution is 2.23. The molecule has 1 saturated heterocycles. The van der Waals surface area contributed by atoms with Crippen molar-refractivity contribution in [3.8, 4) is 0 Å². The van der Waals surface area contributed by atoms with E-state index in [0.717, 1.165) is 25.7 Å². The molecule has 0 bridgehead atoms. The van der Waals surface area contributed by atoms with Crippen LogP contribution in [-0.4, -0.2) is 42.7 Å². The minimum Gasteiger partial charge on any atom is -0.388 e. The van der Waals surface area contributed by atoms with Crippen LogP contribution in [0.15, 0.2) is 0 Å². The van der Waals surface area contributed by atoms with Gasteiger partial charge in [0.2, 0.25) is 0 Å². The summed E-state index contributed by atoms with van der Waals surface area (Å²) >= 11 is 0. The van der Waals surface area contributed by atoms with Crippen LogP contribution in [-0.2, 0) is 9.47 Å². The summed E-state index contributed by atoms with van der Waals surface area (Å²) in [7, 11) is 0. The fourth-order valence-electron chi connectivity index (χ4n) is 2.21. The summed E-state index contributed by atoms with van der Waals surface area (Å²) in [5.41, 5.74) is 5.86. The van der Waals surface area contributed by atoms with Gasteiger partial charge in [0, 0.05) is 6.04 Å². The first-order valence-electron chi connectivity index (χ1n) is 5.42. The summed E-state index contributed by atoms with van der Waals surface area (Å²) in [6, 6.07) is 0.271. The molecule has 3 N–H and O–H groups in total. The molecule has 0 aromatic rings. The summed E-state index contributed by atoms with van der Waals surface area (Å²) in [5.74, 6) is 0. The minimum atomic E-state index is -0.451. The van der Waals surface area contributed by atoms with Crippen molar-refractivity contribution in [2.75, 3.05) is 13.2 Å². The van der Waals surface area contributed by atoms with Crippen molar-refractivity contribution in [1.82, 2.24) is 0 Å². The van der Waals surface area contributed by atoms with Crippen LogP contribution >= 0.6 is 0 Å². The van der Waals surface area contributed by atoms with Crippen molar-refractivity contribution in [1.29, 1.82) is 0 Å². The molecular weight excluding hydrogens is 182 g/mol. The predicted molar refractivity (Wildman–Crippen MR) is 51.9 cm³/mol. The zero-order chi connectivity index (χ0) is 9.97. The first-order valence-corrected chi connectivity index (χ1v) is 5.42. The van der Waals surface area contributed by atoms with Crippen molar-refractivity contribution in [2.24, 2.45) is 5.73 Å². The van der Waals surface area contributed by atoms with E-state index in [-0.39, 0.29) is 18.2 Å². The smallest absolute Gasteiger partial charge is 0.109 e. The third-order valence-corrected chi connectivity index (χ3v) is 3.03. The third-order valence-electron chi connectivity index (χ3n) is 3.03. The maximum atomic E-state index is 9.50. The molecule has 4 heteroatoms. The number of hydrogen-bond donors (Lipinski definition) is 2. The Labute approximate surface area is 84.4 Å². The molecule has 0 aromatic carbocycles. The second-order valence-corrected chi connectivity index (χ2v) is 4.33. The van der Waals surface area contributed by atoms with Crippen LogP contribution in [0.4, 0.5) is 0 Å². The van der Waals surface area contributed by atoms with Crippen LogP contribution in [0.25, 0.3) is 0 Å². The van der Waals surface area contributed by atoms with Gasteiger partial charge in [-0.05, 0) is 25.7 Å². The second kappa shape index (κ2) is 4.57. The molecule has 2 rings (SSSR count). The van der Waals surface area contributed by atoms with Crippen LogP contribution in [0.1, 0.15) is 25.7 Å². The number of nitrogens with two attached hydrogens (primary N) is 1. The van der Waals surface area contributed by atoms with Crippen molar-refractivity contribution in [3.05, 3.63) is 0 Å². The highest BCUT2D eigenvalue weighted by molar-refractivity contribution is 4.80. The van der Waals surface area contributed by atoms with Crippen LogP contribution in [0, 0.1) is 0 Å². The fourth-order valence-corrected chi connectivity index (χ4v) is 2.21. The van der Waals surface area contributed by atoms with Crippen LogP contribution in [0.2, 0.25) is 0 Å². The summed E-state index contributed by atoms with van der Waals surface area (Å²) in [4.78, 5) is 0. The number of aliphatic hydroxyl groups excluding tert-OH is 1. The Hall–Kier alpha value is -0.160. The number of hydrogen-bond acceptors (Lipinski definition) is 4. The number of aliphatic hydroxyl groups is 1. The molecule has 4 unspecified atom stereocenters. The highest BCUT2D eigenvalue weighted by atomic mass is 16.6. The quantitative estimate of drug-likeness (QED) is 0.661. The Kier molecular flexibility index (Phi) is 3.38. The van der Waals surface area contributed by atoms with Crippen LogP contribution in [0.3, 0.4) is 0 Å². The molecule has 2 fully saturated rings. The van der Waals surface area contributed by atoms with Crippen molar-refractivity contribution in [3.63, 3.8) is 0 Å². The van der Waals surface area contributed by atoms with Crippen LogP contribution in [0.5, 0.6) is 0 Å². The second-order valence-electron chi connectivity index (χ2n) is 4.33. The molecule has 0 amide bonds. The molecule has 1 heterocycles. The molecule has 2 aliphatic rings. The standard InChI is InChI=1S/C10H19NO3/c11-7-2-1-3-8(4-7)14-10-6-13-5-9(10)12/h7-10,12H,1-6,11H2. The van der Waals surface area contributed by atoms with E-state index in [1.807, 2.05) is 0 Å². The maximum Gasteiger partial charge on any atom is 0.109 e. The van der Waals surface area contributed by atoms with Gasteiger partial charge in [-0.1, -0.05) is 0 Å². The Bertz CT molecular complexity index is 188. The summed E-state index contributed by atoms with van der Waals surface area (Å²) in [5, 5.41) is 9.50. The fraction of sp³-hybridized carbons (Fsp3) is 1.00. The van der Waals surface area contributed by atoms with Gasteiger partial charge in [0.05, 0.1) is 19.3 Å². The monoisotopic (exact) mass is 201 g/mol. The van der Waals surface area contributed by atoms with Gasteiger partial charge in [-0.25, -0.2) is 0 Å². The normalized spacial score (nSPS) is 44.1. The lowest BCUT2D eigenvalue weighted by Crippen LogP contribution is -2.37. The predicted octanol–water partition coefficient (Wildman–Crippen LogP) is 0.0326. The van der Waals surface area contributed by atoms with Gasteiger partial charge in [0.25, 0.3) is 0 Å².